The first-order valence-corrected chi connectivity index (χ1v) is 11.3. The molecule has 0 unspecified atom stereocenters. The van der Waals surface area contributed by atoms with Crippen molar-refractivity contribution < 1.29 is 23.8 Å². The number of fused-ring (bicyclic) bond motifs is 1. The molecule has 1 aromatic heterocycles. The first kappa shape index (κ1) is 22.4. The maximum absolute atomic E-state index is 13.0. The Hall–Kier alpha value is -2.84. The van der Waals surface area contributed by atoms with E-state index in [0.717, 1.165) is 4.47 Å². The topological polar surface area (TPSA) is 89.2 Å². The molecule has 0 spiro atoms. The number of benzene rings is 2. The summed E-state index contributed by atoms with van der Waals surface area (Å²) in [5.74, 6) is 0.387. The number of hydrogen-bond acceptors (Lipinski definition) is 7. The van der Waals surface area contributed by atoms with Crippen LogP contribution in [0.5, 0.6) is 17.2 Å². The molecule has 2 heterocycles. The predicted molar refractivity (Wildman–Crippen MR) is 123 cm³/mol. The number of piperidine rings is 1. The van der Waals surface area contributed by atoms with Gasteiger partial charge >= 0.3 is 5.97 Å². The summed E-state index contributed by atoms with van der Waals surface area (Å²) in [5, 5.41) is 10.8. The van der Waals surface area contributed by atoms with E-state index >= 15 is 0 Å². The van der Waals surface area contributed by atoms with Crippen LogP contribution in [0.3, 0.4) is 0 Å². The van der Waals surface area contributed by atoms with Crippen molar-refractivity contribution in [3.8, 4) is 17.2 Å². The van der Waals surface area contributed by atoms with E-state index in [1.165, 1.54) is 12.3 Å². The molecule has 7 nitrogen and oxygen atoms in total. The van der Waals surface area contributed by atoms with Gasteiger partial charge in [0.2, 0.25) is 11.2 Å². The predicted octanol–water partition coefficient (Wildman–Crippen LogP) is 4.83. The van der Waals surface area contributed by atoms with Crippen molar-refractivity contribution in [2.24, 2.45) is 5.92 Å². The lowest BCUT2D eigenvalue weighted by molar-refractivity contribution is -0.149. The van der Waals surface area contributed by atoms with Gasteiger partial charge in [-0.25, -0.2) is 0 Å². The van der Waals surface area contributed by atoms with E-state index in [1.54, 1.807) is 19.1 Å². The third-order valence-electron chi connectivity index (χ3n) is 5.63. The molecular weight excluding hydrogens is 478 g/mol. The van der Waals surface area contributed by atoms with Gasteiger partial charge in [0.05, 0.1) is 27.9 Å². The SMILES string of the molecule is CCOC(=O)C1CCN(Cc2c(O)ccc3c(=O)c(Oc4ccccc4Br)coc23)CC1. The summed E-state index contributed by atoms with van der Waals surface area (Å²) >= 11 is 3.40. The zero-order valence-electron chi connectivity index (χ0n) is 17.7. The van der Waals surface area contributed by atoms with E-state index in [0.29, 0.717) is 61.4 Å². The van der Waals surface area contributed by atoms with Gasteiger partial charge in [-0.2, -0.15) is 0 Å². The van der Waals surface area contributed by atoms with Gasteiger partial charge in [-0.05, 0) is 73.1 Å². The van der Waals surface area contributed by atoms with Crippen LogP contribution in [-0.4, -0.2) is 35.7 Å². The molecule has 0 saturated carbocycles. The molecule has 0 atom stereocenters. The van der Waals surface area contributed by atoms with Crippen LogP contribution in [0.2, 0.25) is 0 Å². The highest BCUT2D eigenvalue weighted by Crippen LogP contribution is 2.32. The minimum absolute atomic E-state index is 0.0626. The molecule has 1 aliphatic rings. The fourth-order valence-electron chi connectivity index (χ4n) is 3.91. The number of para-hydroxylation sites is 1. The minimum atomic E-state index is -0.315. The van der Waals surface area contributed by atoms with Crippen LogP contribution in [0.4, 0.5) is 0 Å². The second-order valence-corrected chi connectivity index (χ2v) is 8.56. The van der Waals surface area contributed by atoms with Crippen molar-refractivity contribution in [1.82, 2.24) is 4.90 Å². The Morgan fingerprint density at radius 1 is 1.19 bits per heavy atom. The molecule has 0 amide bonds. The number of carbonyl (C=O) groups is 1. The second kappa shape index (κ2) is 9.75. The van der Waals surface area contributed by atoms with Crippen LogP contribution in [0.1, 0.15) is 25.3 Å². The quantitative estimate of drug-likeness (QED) is 0.483. The number of ether oxygens (including phenoxy) is 2. The molecule has 1 N–H and O–H groups in total. The van der Waals surface area contributed by atoms with E-state index in [9.17, 15) is 14.7 Å². The Morgan fingerprint density at radius 2 is 1.94 bits per heavy atom. The number of likely N-dealkylation sites (tertiary alicyclic amines) is 1. The standard InChI is InChI=1S/C24H24BrNO6/c1-2-30-24(29)15-9-11-26(12-10-15)13-17-19(27)8-7-16-22(28)21(14-31-23(16)17)32-20-6-4-3-5-18(20)25/h3-8,14-15,27H,2,9-13H2,1H3. The maximum atomic E-state index is 13.0. The van der Waals surface area contributed by atoms with E-state index in [-0.39, 0.29) is 28.8 Å². The Morgan fingerprint density at radius 3 is 2.66 bits per heavy atom. The van der Waals surface area contributed by atoms with Gasteiger partial charge in [-0.15, -0.1) is 0 Å². The molecule has 2 aromatic carbocycles. The highest BCUT2D eigenvalue weighted by atomic mass is 79.9. The van der Waals surface area contributed by atoms with E-state index in [2.05, 4.69) is 20.8 Å². The molecule has 1 fully saturated rings. The highest BCUT2D eigenvalue weighted by molar-refractivity contribution is 9.10. The van der Waals surface area contributed by atoms with Gasteiger partial charge in [0.25, 0.3) is 0 Å². The number of esters is 1. The third kappa shape index (κ3) is 4.66. The summed E-state index contributed by atoms with van der Waals surface area (Å²) in [7, 11) is 0. The number of nitrogens with zero attached hydrogens (tertiary/aromatic N) is 1. The van der Waals surface area contributed by atoms with Gasteiger partial charge in [-0.3, -0.25) is 14.5 Å². The number of rotatable bonds is 6. The third-order valence-corrected chi connectivity index (χ3v) is 6.29. The van der Waals surface area contributed by atoms with Gasteiger partial charge < -0.3 is 19.0 Å². The van der Waals surface area contributed by atoms with Crippen LogP contribution < -0.4 is 10.2 Å². The summed E-state index contributed by atoms with van der Waals surface area (Å²) in [6.07, 6.45) is 2.66. The highest BCUT2D eigenvalue weighted by Gasteiger charge is 2.27. The lowest BCUT2D eigenvalue weighted by atomic mass is 9.96. The lowest BCUT2D eigenvalue weighted by Gasteiger charge is -2.31. The zero-order valence-corrected chi connectivity index (χ0v) is 19.3. The fraction of sp³-hybridized carbons (Fsp3) is 0.333. The molecule has 32 heavy (non-hydrogen) atoms. The number of hydrogen-bond donors (Lipinski definition) is 1. The van der Waals surface area contributed by atoms with Crippen LogP contribution in [-0.2, 0) is 16.1 Å². The van der Waals surface area contributed by atoms with Crippen molar-refractivity contribution in [3.05, 3.63) is 62.9 Å². The Balaban J connectivity index is 1.56. The van der Waals surface area contributed by atoms with Crippen molar-refractivity contribution in [2.75, 3.05) is 19.7 Å². The second-order valence-electron chi connectivity index (χ2n) is 7.70. The van der Waals surface area contributed by atoms with E-state index in [4.69, 9.17) is 13.9 Å². The van der Waals surface area contributed by atoms with Gasteiger partial charge in [-0.1, -0.05) is 12.1 Å². The molecule has 168 valence electrons. The number of carbonyl (C=O) groups excluding carboxylic acids is 1. The molecule has 0 radical (unpaired) electrons. The Kier molecular flexibility index (Phi) is 6.81. The van der Waals surface area contributed by atoms with Crippen molar-refractivity contribution in [1.29, 1.82) is 0 Å². The number of phenols is 1. The summed E-state index contributed by atoms with van der Waals surface area (Å²) in [4.78, 5) is 27.1. The fourth-order valence-corrected chi connectivity index (χ4v) is 4.27. The summed E-state index contributed by atoms with van der Waals surface area (Å²) < 4.78 is 17.4. The lowest BCUT2D eigenvalue weighted by Crippen LogP contribution is -2.36. The first-order chi connectivity index (χ1) is 15.5. The molecule has 3 aromatic rings. The van der Waals surface area contributed by atoms with Crippen LogP contribution in [0.25, 0.3) is 11.0 Å². The number of aromatic hydroxyl groups is 1. The van der Waals surface area contributed by atoms with Crippen molar-refractivity contribution in [2.45, 2.75) is 26.3 Å². The zero-order chi connectivity index (χ0) is 22.7. The molecule has 8 heteroatoms. The average molecular weight is 502 g/mol. The summed E-state index contributed by atoms with van der Waals surface area (Å²) in [5.41, 5.74) is 0.563. The average Bonchev–Trinajstić information content (AvgIpc) is 2.79. The van der Waals surface area contributed by atoms with Gasteiger partial charge in [0.15, 0.2) is 0 Å². The van der Waals surface area contributed by atoms with E-state index in [1.807, 2.05) is 18.2 Å². The van der Waals surface area contributed by atoms with Crippen LogP contribution in [0.15, 0.2) is 56.3 Å². The Labute approximate surface area is 193 Å². The first-order valence-electron chi connectivity index (χ1n) is 10.6. The van der Waals surface area contributed by atoms with Crippen LogP contribution >= 0.6 is 15.9 Å². The molecular formula is C24H24BrNO6. The normalized spacial score (nSPS) is 15.1. The maximum Gasteiger partial charge on any atom is 0.309 e. The summed E-state index contributed by atoms with van der Waals surface area (Å²) in [6.45, 7) is 3.97. The van der Waals surface area contributed by atoms with Crippen molar-refractivity contribution in [3.63, 3.8) is 0 Å². The monoisotopic (exact) mass is 501 g/mol. The van der Waals surface area contributed by atoms with Gasteiger partial charge in [0.1, 0.15) is 23.3 Å². The number of phenolic OH excluding ortho intramolecular Hbond substituents is 1. The van der Waals surface area contributed by atoms with E-state index < -0.39 is 0 Å². The Bertz CT molecular complexity index is 1180. The van der Waals surface area contributed by atoms with Crippen LogP contribution in [0, 0.1) is 5.92 Å². The molecule has 0 aliphatic carbocycles. The van der Waals surface area contributed by atoms with Gasteiger partial charge in [0, 0.05) is 6.54 Å². The molecule has 0 bridgehead atoms. The molecule has 4 rings (SSSR count). The smallest absolute Gasteiger partial charge is 0.309 e. The molecule has 1 aliphatic heterocycles. The van der Waals surface area contributed by atoms with Crippen molar-refractivity contribution >= 4 is 32.9 Å². The molecule has 1 saturated heterocycles. The minimum Gasteiger partial charge on any atom is -0.507 e. The summed E-state index contributed by atoms with van der Waals surface area (Å²) in [6, 6.07) is 10.3. The number of halogens is 1. The largest absolute Gasteiger partial charge is 0.507 e.